The van der Waals surface area contributed by atoms with Gasteiger partial charge in [-0.15, -0.1) is 0 Å². The number of nitrogens with zero attached hydrogens (tertiary/aromatic N) is 2. The molecule has 0 saturated heterocycles. The predicted octanol–water partition coefficient (Wildman–Crippen LogP) is 3.12. The van der Waals surface area contributed by atoms with Crippen LogP contribution in [0.25, 0.3) is 0 Å². The number of amides is 2. The van der Waals surface area contributed by atoms with Crippen molar-refractivity contribution in [2.45, 2.75) is 20.3 Å². The number of hydrogen-bond donors (Lipinski definition) is 3. The number of anilines is 3. The smallest absolute Gasteiger partial charge is 0.255 e. The Morgan fingerprint density at radius 3 is 2.04 bits per heavy atom. The van der Waals surface area contributed by atoms with Crippen LogP contribution in [0.2, 0.25) is 0 Å². The molecule has 7 heteroatoms. The van der Waals surface area contributed by atoms with Crippen molar-refractivity contribution in [2.75, 3.05) is 10.6 Å². The normalized spacial score (nSPS) is 10.4. The topological polar surface area (TPSA) is 110 Å². The second kappa shape index (κ2) is 8.30. The first-order valence-corrected chi connectivity index (χ1v) is 8.77. The van der Waals surface area contributed by atoms with Crippen molar-refractivity contribution in [2.24, 2.45) is 5.73 Å². The molecule has 1 aromatic heterocycles. The summed E-state index contributed by atoms with van der Waals surface area (Å²) in [7, 11) is 0. The highest BCUT2D eigenvalue weighted by Gasteiger charge is 2.07. The Hall–Kier alpha value is -3.74. The first kappa shape index (κ1) is 19.0. The second-order valence-electron chi connectivity index (χ2n) is 6.47. The molecule has 0 fully saturated rings. The molecule has 4 N–H and O–H groups in total. The van der Waals surface area contributed by atoms with Crippen LogP contribution in [0.1, 0.15) is 27.3 Å². The molecule has 7 nitrogen and oxygen atoms in total. The maximum absolute atomic E-state index is 12.4. The van der Waals surface area contributed by atoms with E-state index in [1.807, 2.05) is 19.9 Å². The summed E-state index contributed by atoms with van der Waals surface area (Å²) >= 11 is 0. The maximum atomic E-state index is 12.4. The minimum atomic E-state index is -0.392. The van der Waals surface area contributed by atoms with Gasteiger partial charge in [-0.3, -0.25) is 9.59 Å². The Kier molecular flexibility index (Phi) is 5.64. The molecule has 2 amide bonds. The molecule has 0 aliphatic rings. The number of primary amides is 1. The zero-order valence-electron chi connectivity index (χ0n) is 15.7. The molecule has 0 saturated carbocycles. The van der Waals surface area contributed by atoms with E-state index in [0.717, 1.165) is 22.6 Å². The van der Waals surface area contributed by atoms with Gasteiger partial charge >= 0.3 is 0 Å². The lowest BCUT2D eigenvalue weighted by molar-refractivity contribution is -0.117. The number of rotatable bonds is 6. The Bertz CT molecular complexity index is 978. The van der Waals surface area contributed by atoms with Crippen molar-refractivity contribution in [3.63, 3.8) is 0 Å². The average Bonchev–Trinajstić information content (AvgIpc) is 2.62. The van der Waals surface area contributed by atoms with Gasteiger partial charge in [0.25, 0.3) is 5.91 Å². The number of benzene rings is 2. The molecule has 0 radical (unpaired) electrons. The fourth-order valence-electron chi connectivity index (χ4n) is 2.73. The molecule has 3 rings (SSSR count). The van der Waals surface area contributed by atoms with Crippen molar-refractivity contribution < 1.29 is 9.59 Å². The molecule has 0 bridgehead atoms. The Morgan fingerprint density at radius 2 is 1.46 bits per heavy atom. The molecular formula is C21H21N5O2. The van der Waals surface area contributed by atoms with Gasteiger partial charge in [0.1, 0.15) is 0 Å². The monoisotopic (exact) mass is 375 g/mol. The summed E-state index contributed by atoms with van der Waals surface area (Å²) in [6.07, 6.45) is 0.173. The van der Waals surface area contributed by atoms with Gasteiger partial charge in [0.05, 0.1) is 6.42 Å². The van der Waals surface area contributed by atoms with Gasteiger partial charge in [-0.25, -0.2) is 9.97 Å². The highest BCUT2D eigenvalue weighted by Crippen LogP contribution is 2.16. The number of carbonyl (C=O) groups excluding carboxylic acids is 2. The van der Waals surface area contributed by atoms with E-state index in [1.165, 1.54) is 0 Å². The van der Waals surface area contributed by atoms with Crippen molar-refractivity contribution in [3.8, 4) is 0 Å². The lowest BCUT2D eigenvalue weighted by Gasteiger charge is -2.09. The number of hydrogen-bond acceptors (Lipinski definition) is 5. The minimum Gasteiger partial charge on any atom is -0.369 e. The lowest BCUT2D eigenvalue weighted by Crippen LogP contribution is -2.14. The van der Waals surface area contributed by atoms with Crippen LogP contribution in [-0.2, 0) is 11.2 Å². The standard InChI is InChI=1S/C21H21N5O2/c1-13-11-14(2)24-21(23-13)26-18-9-5-16(6-10-18)20(28)25-17-7-3-15(4-8-17)12-19(22)27/h3-11H,12H2,1-2H3,(H2,22,27)(H,25,28)(H,23,24,26). The number of nitrogens with two attached hydrogens (primary N) is 1. The molecule has 1 heterocycles. The Balaban J connectivity index is 1.64. The predicted molar refractivity (Wildman–Crippen MR) is 109 cm³/mol. The quantitative estimate of drug-likeness (QED) is 0.613. The van der Waals surface area contributed by atoms with Crippen LogP contribution in [0.3, 0.4) is 0 Å². The van der Waals surface area contributed by atoms with Gasteiger partial charge in [-0.2, -0.15) is 0 Å². The molecule has 0 aliphatic heterocycles. The van der Waals surface area contributed by atoms with Crippen molar-refractivity contribution in [1.82, 2.24) is 9.97 Å². The van der Waals surface area contributed by atoms with Crippen LogP contribution < -0.4 is 16.4 Å². The summed E-state index contributed by atoms with van der Waals surface area (Å²) in [5, 5.41) is 5.95. The molecule has 0 atom stereocenters. The Morgan fingerprint density at radius 1 is 0.893 bits per heavy atom. The molecule has 28 heavy (non-hydrogen) atoms. The first-order chi connectivity index (χ1) is 13.4. The molecule has 0 spiro atoms. The zero-order valence-corrected chi connectivity index (χ0v) is 15.7. The van der Waals surface area contributed by atoms with Crippen LogP contribution in [0.4, 0.5) is 17.3 Å². The van der Waals surface area contributed by atoms with E-state index in [9.17, 15) is 9.59 Å². The van der Waals surface area contributed by atoms with Gasteiger partial charge in [-0.1, -0.05) is 12.1 Å². The largest absolute Gasteiger partial charge is 0.369 e. The SMILES string of the molecule is Cc1cc(C)nc(Nc2ccc(C(=O)Nc3ccc(CC(N)=O)cc3)cc2)n1. The summed E-state index contributed by atoms with van der Waals surface area (Å²) in [5.74, 6) is -0.0979. The van der Waals surface area contributed by atoms with Crippen LogP contribution in [-0.4, -0.2) is 21.8 Å². The van der Waals surface area contributed by atoms with Gasteiger partial charge in [0.15, 0.2) is 0 Å². The summed E-state index contributed by atoms with van der Waals surface area (Å²) in [4.78, 5) is 32.0. The fourth-order valence-corrected chi connectivity index (χ4v) is 2.73. The van der Waals surface area contributed by atoms with Crippen LogP contribution in [0.5, 0.6) is 0 Å². The van der Waals surface area contributed by atoms with E-state index in [-0.39, 0.29) is 12.3 Å². The van der Waals surface area contributed by atoms with E-state index < -0.39 is 5.91 Å². The first-order valence-electron chi connectivity index (χ1n) is 8.77. The number of nitrogens with one attached hydrogen (secondary N) is 2. The minimum absolute atomic E-state index is 0.173. The summed E-state index contributed by atoms with van der Waals surface area (Å²) < 4.78 is 0. The van der Waals surface area contributed by atoms with Crippen LogP contribution in [0, 0.1) is 13.8 Å². The third kappa shape index (κ3) is 5.14. The van der Waals surface area contributed by atoms with Crippen molar-refractivity contribution >= 4 is 29.1 Å². The lowest BCUT2D eigenvalue weighted by atomic mass is 10.1. The van der Waals surface area contributed by atoms with E-state index in [2.05, 4.69) is 20.6 Å². The second-order valence-corrected chi connectivity index (χ2v) is 6.47. The van der Waals surface area contributed by atoms with E-state index >= 15 is 0 Å². The third-order valence-corrected chi connectivity index (χ3v) is 3.98. The van der Waals surface area contributed by atoms with Crippen LogP contribution in [0.15, 0.2) is 54.6 Å². The summed E-state index contributed by atoms with van der Waals surface area (Å²) in [6, 6.07) is 15.9. The van der Waals surface area contributed by atoms with Gasteiger partial charge in [0.2, 0.25) is 11.9 Å². The highest BCUT2D eigenvalue weighted by molar-refractivity contribution is 6.04. The number of aryl methyl sites for hydroxylation is 2. The van der Waals surface area contributed by atoms with E-state index in [0.29, 0.717) is 17.2 Å². The van der Waals surface area contributed by atoms with Gasteiger partial charge in [-0.05, 0) is 61.9 Å². The van der Waals surface area contributed by atoms with Crippen molar-refractivity contribution in [3.05, 3.63) is 77.1 Å². The zero-order chi connectivity index (χ0) is 20.1. The average molecular weight is 375 g/mol. The molecule has 0 aliphatic carbocycles. The molecule has 0 unspecified atom stereocenters. The van der Waals surface area contributed by atoms with E-state index in [1.54, 1.807) is 48.5 Å². The van der Waals surface area contributed by atoms with E-state index in [4.69, 9.17) is 5.73 Å². The maximum Gasteiger partial charge on any atom is 0.255 e. The Labute approximate surface area is 163 Å². The molecule has 3 aromatic rings. The molecule has 2 aromatic carbocycles. The highest BCUT2D eigenvalue weighted by atomic mass is 16.2. The van der Waals surface area contributed by atoms with Gasteiger partial charge < -0.3 is 16.4 Å². The third-order valence-electron chi connectivity index (χ3n) is 3.98. The number of aromatic nitrogens is 2. The molecular weight excluding hydrogens is 354 g/mol. The van der Waals surface area contributed by atoms with Crippen molar-refractivity contribution in [1.29, 1.82) is 0 Å². The van der Waals surface area contributed by atoms with Crippen LogP contribution >= 0.6 is 0 Å². The summed E-state index contributed by atoms with van der Waals surface area (Å²) in [5.41, 5.74) is 9.69. The number of carbonyl (C=O) groups is 2. The summed E-state index contributed by atoms with van der Waals surface area (Å²) in [6.45, 7) is 3.82. The molecule has 142 valence electrons. The van der Waals surface area contributed by atoms with Gasteiger partial charge in [0, 0.05) is 28.3 Å². The fraction of sp³-hybridized carbons (Fsp3) is 0.143.